The normalized spacial score (nSPS) is 18.7. The van der Waals surface area contributed by atoms with E-state index < -0.39 is 23.1 Å². The van der Waals surface area contributed by atoms with Gasteiger partial charge < -0.3 is 19.7 Å². The van der Waals surface area contributed by atoms with Crippen molar-refractivity contribution in [2.75, 3.05) is 13.2 Å². The average molecular weight is 368 g/mol. The molecule has 27 heavy (non-hydrogen) atoms. The van der Waals surface area contributed by atoms with E-state index in [4.69, 9.17) is 14.6 Å². The van der Waals surface area contributed by atoms with Gasteiger partial charge >= 0.3 is 11.9 Å². The van der Waals surface area contributed by atoms with Gasteiger partial charge in [0.05, 0.1) is 31.5 Å². The third kappa shape index (κ3) is 2.91. The lowest BCUT2D eigenvalue weighted by atomic mass is 9.78. The molecule has 0 unspecified atom stereocenters. The number of hydrogen-bond donors (Lipinski definition) is 2. The van der Waals surface area contributed by atoms with Gasteiger partial charge in [0, 0.05) is 6.42 Å². The summed E-state index contributed by atoms with van der Waals surface area (Å²) in [5.74, 6) is -3.51. The summed E-state index contributed by atoms with van der Waals surface area (Å²) in [5, 5.41) is 18.3. The van der Waals surface area contributed by atoms with Crippen molar-refractivity contribution in [1.82, 2.24) is 0 Å². The fourth-order valence-electron chi connectivity index (χ4n) is 4.18. The topological polar surface area (TPSA) is 93.1 Å². The zero-order valence-corrected chi connectivity index (χ0v) is 14.7. The van der Waals surface area contributed by atoms with Crippen LogP contribution in [0.3, 0.4) is 0 Å². The molecule has 2 aromatic carbocycles. The van der Waals surface area contributed by atoms with Gasteiger partial charge in [0.1, 0.15) is 0 Å². The van der Waals surface area contributed by atoms with Gasteiger partial charge in [0.25, 0.3) is 0 Å². The van der Waals surface area contributed by atoms with Gasteiger partial charge in [-0.25, -0.2) is 0 Å². The number of benzene rings is 2. The van der Waals surface area contributed by atoms with Gasteiger partial charge in [0.15, 0.2) is 5.79 Å². The van der Waals surface area contributed by atoms with Crippen molar-refractivity contribution in [2.24, 2.45) is 0 Å². The Hall–Kier alpha value is -2.70. The van der Waals surface area contributed by atoms with Crippen LogP contribution in [0.2, 0.25) is 0 Å². The molecular formula is C21H20O6. The molecule has 2 aromatic rings. The second-order valence-electron chi connectivity index (χ2n) is 7.13. The molecule has 1 fully saturated rings. The molecule has 0 amide bonds. The maximum atomic E-state index is 11.3. The van der Waals surface area contributed by atoms with E-state index in [0.29, 0.717) is 0 Å². The van der Waals surface area contributed by atoms with E-state index >= 15 is 0 Å². The predicted octanol–water partition coefficient (Wildman–Crippen LogP) is 3.04. The highest BCUT2D eigenvalue weighted by Gasteiger charge is 2.51. The molecule has 1 aliphatic carbocycles. The Morgan fingerprint density at radius 3 is 1.85 bits per heavy atom. The van der Waals surface area contributed by atoms with Crippen molar-refractivity contribution in [3.8, 4) is 11.1 Å². The van der Waals surface area contributed by atoms with Crippen LogP contribution in [0.1, 0.15) is 30.4 Å². The largest absolute Gasteiger partial charge is 0.481 e. The Kier molecular flexibility index (Phi) is 4.25. The number of fused-ring (bicyclic) bond motifs is 5. The van der Waals surface area contributed by atoms with Crippen LogP contribution in [-0.4, -0.2) is 41.2 Å². The summed E-state index contributed by atoms with van der Waals surface area (Å²) in [4.78, 5) is 22.3. The first-order valence-electron chi connectivity index (χ1n) is 8.87. The minimum Gasteiger partial charge on any atom is -0.481 e. The zero-order valence-electron chi connectivity index (χ0n) is 14.7. The number of hydrogen-bond acceptors (Lipinski definition) is 4. The molecule has 2 aliphatic rings. The molecule has 0 saturated carbocycles. The van der Waals surface area contributed by atoms with Crippen molar-refractivity contribution in [1.29, 1.82) is 0 Å². The minimum atomic E-state index is -1.41. The van der Waals surface area contributed by atoms with Crippen LogP contribution in [0, 0.1) is 0 Å². The van der Waals surface area contributed by atoms with Crippen LogP contribution in [0.5, 0.6) is 0 Å². The lowest BCUT2D eigenvalue weighted by Gasteiger charge is -2.45. The standard InChI is InChI=1S/C21H20O6/c22-18(23)9-10-21(11-19(24)25)26-12-20(13-27-21)16-7-3-1-5-14(16)15-6-2-4-8-17(15)20/h1-8H,9-13H2,(H,22,23)(H,24,25). The van der Waals surface area contributed by atoms with Gasteiger partial charge in [-0.15, -0.1) is 0 Å². The summed E-state index contributed by atoms with van der Waals surface area (Å²) in [7, 11) is 0. The molecule has 4 rings (SSSR count). The summed E-state index contributed by atoms with van der Waals surface area (Å²) >= 11 is 0. The first-order valence-corrected chi connectivity index (χ1v) is 8.87. The van der Waals surface area contributed by atoms with Crippen LogP contribution in [0.15, 0.2) is 48.5 Å². The molecule has 0 bridgehead atoms. The number of carbonyl (C=O) groups is 2. The molecule has 0 radical (unpaired) electrons. The molecule has 0 atom stereocenters. The quantitative estimate of drug-likeness (QED) is 0.843. The number of ether oxygens (including phenoxy) is 2. The summed E-state index contributed by atoms with van der Waals surface area (Å²) in [5.41, 5.74) is 3.91. The Balaban J connectivity index is 1.69. The fraction of sp³-hybridized carbons (Fsp3) is 0.333. The number of carboxylic acids is 2. The van der Waals surface area contributed by atoms with E-state index in [2.05, 4.69) is 12.1 Å². The highest BCUT2D eigenvalue weighted by molar-refractivity contribution is 5.81. The van der Waals surface area contributed by atoms with Crippen molar-refractivity contribution in [3.63, 3.8) is 0 Å². The van der Waals surface area contributed by atoms with Gasteiger partial charge in [-0.1, -0.05) is 48.5 Å². The highest BCUT2D eigenvalue weighted by Crippen LogP contribution is 2.52. The van der Waals surface area contributed by atoms with Crippen LogP contribution in [0.25, 0.3) is 11.1 Å². The molecule has 6 heteroatoms. The van der Waals surface area contributed by atoms with E-state index in [9.17, 15) is 14.7 Å². The van der Waals surface area contributed by atoms with Crippen molar-refractivity contribution in [3.05, 3.63) is 59.7 Å². The van der Waals surface area contributed by atoms with Crippen LogP contribution < -0.4 is 0 Å². The Morgan fingerprint density at radius 2 is 1.37 bits per heavy atom. The molecular weight excluding hydrogens is 348 g/mol. The van der Waals surface area contributed by atoms with Crippen molar-refractivity contribution < 1.29 is 29.3 Å². The van der Waals surface area contributed by atoms with E-state index in [-0.39, 0.29) is 32.5 Å². The number of carboxylic acid groups (broad SMARTS) is 2. The molecule has 1 heterocycles. The van der Waals surface area contributed by atoms with E-state index in [1.165, 1.54) is 0 Å². The fourth-order valence-corrected chi connectivity index (χ4v) is 4.18. The Bertz CT molecular complexity index is 848. The maximum Gasteiger partial charge on any atom is 0.308 e. The highest BCUT2D eigenvalue weighted by atomic mass is 16.7. The van der Waals surface area contributed by atoms with Gasteiger partial charge in [-0.3, -0.25) is 9.59 Å². The first-order chi connectivity index (χ1) is 13.0. The molecule has 1 saturated heterocycles. The van der Waals surface area contributed by atoms with Crippen LogP contribution >= 0.6 is 0 Å². The maximum absolute atomic E-state index is 11.3. The first kappa shape index (κ1) is 17.7. The molecule has 1 spiro atoms. The summed E-state index contributed by atoms with van der Waals surface area (Å²) in [6, 6.07) is 16.1. The predicted molar refractivity (Wildman–Crippen MR) is 96.4 cm³/mol. The third-order valence-electron chi connectivity index (χ3n) is 5.48. The second-order valence-corrected chi connectivity index (χ2v) is 7.13. The van der Waals surface area contributed by atoms with Gasteiger partial charge in [-0.2, -0.15) is 0 Å². The minimum absolute atomic E-state index is 0.00595. The Morgan fingerprint density at radius 1 is 0.852 bits per heavy atom. The molecule has 2 N–H and O–H groups in total. The molecule has 140 valence electrons. The van der Waals surface area contributed by atoms with Gasteiger partial charge in [-0.05, 0) is 22.3 Å². The monoisotopic (exact) mass is 368 g/mol. The summed E-state index contributed by atoms with van der Waals surface area (Å²) in [6.45, 7) is 0.488. The van der Waals surface area contributed by atoms with E-state index in [0.717, 1.165) is 22.3 Å². The SMILES string of the molecule is O=C(O)CCC1(CC(=O)O)OCC2(CO1)c1ccccc1-c1ccccc12. The summed E-state index contributed by atoms with van der Waals surface area (Å²) in [6.07, 6.45) is -0.610. The van der Waals surface area contributed by atoms with Crippen molar-refractivity contribution >= 4 is 11.9 Å². The summed E-state index contributed by atoms with van der Waals surface area (Å²) < 4.78 is 12.0. The second kappa shape index (κ2) is 6.48. The smallest absolute Gasteiger partial charge is 0.308 e. The molecule has 6 nitrogen and oxygen atoms in total. The molecule has 1 aliphatic heterocycles. The van der Waals surface area contributed by atoms with Crippen molar-refractivity contribution in [2.45, 2.75) is 30.5 Å². The van der Waals surface area contributed by atoms with Crippen LogP contribution in [0.4, 0.5) is 0 Å². The van der Waals surface area contributed by atoms with Crippen LogP contribution in [-0.2, 0) is 24.5 Å². The number of rotatable bonds is 5. The van der Waals surface area contributed by atoms with Gasteiger partial charge in [0.2, 0.25) is 0 Å². The average Bonchev–Trinajstić information content (AvgIpc) is 2.93. The Labute approximate surface area is 156 Å². The third-order valence-corrected chi connectivity index (χ3v) is 5.48. The van der Waals surface area contributed by atoms with E-state index in [1.807, 2.05) is 36.4 Å². The lowest BCUT2D eigenvalue weighted by molar-refractivity contribution is -0.289. The number of aliphatic carboxylic acids is 2. The lowest BCUT2D eigenvalue weighted by Crippen LogP contribution is -2.52. The zero-order chi connectivity index (χ0) is 19.1. The molecule has 0 aromatic heterocycles. The van der Waals surface area contributed by atoms with E-state index in [1.54, 1.807) is 0 Å².